The van der Waals surface area contributed by atoms with E-state index in [-0.39, 0.29) is 12.0 Å². The second-order valence-corrected chi connectivity index (χ2v) is 7.95. The van der Waals surface area contributed by atoms with Gasteiger partial charge in [-0.15, -0.1) is 0 Å². The number of nitrogens with one attached hydrogen (secondary N) is 1. The Kier molecular flexibility index (Phi) is 4.75. The fourth-order valence-electron chi connectivity index (χ4n) is 4.66. The molecule has 0 saturated carbocycles. The van der Waals surface area contributed by atoms with Gasteiger partial charge < -0.3 is 15.8 Å². The lowest BCUT2D eigenvalue weighted by atomic mass is 9.76. The van der Waals surface area contributed by atoms with Crippen LogP contribution in [0, 0.1) is 5.92 Å². The zero-order valence-electron chi connectivity index (χ0n) is 16.6. The molecule has 30 heavy (non-hydrogen) atoms. The van der Waals surface area contributed by atoms with Gasteiger partial charge in [0, 0.05) is 22.7 Å². The van der Waals surface area contributed by atoms with Crippen LogP contribution in [-0.2, 0) is 6.61 Å². The molecule has 3 unspecified atom stereocenters. The highest BCUT2D eigenvalue weighted by atomic mass is 16.5. The predicted molar refractivity (Wildman–Crippen MR) is 119 cm³/mol. The third-order valence-electron chi connectivity index (χ3n) is 6.14. The first-order valence-electron chi connectivity index (χ1n) is 10.3. The average Bonchev–Trinajstić information content (AvgIpc) is 3.28. The van der Waals surface area contributed by atoms with Crippen LogP contribution in [0.1, 0.15) is 45.4 Å². The summed E-state index contributed by atoms with van der Waals surface area (Å²) in [6.07, 6.45) is 5.48. The third kappa shape index (κ3) is 3.35. The van der Waals surface area contributed by atoms with Crippen molar-refractivity contribution < 1.29 is 9.53 Å². The van der Waals surface area contributed by atoms with Gasteiger partial charge in [-0.05, 0) is 47.7 Å². The molecular weight excluding hydrogens is 372 g/mol. The summed E-state index contributed by atoms with van der Waals surface area (Å²) in [5.41, 5.74) is 10.6. The molecule has 3 N–H and O–H groups in total. The molecule has 2 aliphatic rings. The lowest BCUT2D eigenvalue weighted by molar-refractivity contribution is 0.1000. The summed E-state index contributed by atoms with van der Waals surface area (Å²) >= 11 is 0. The molecule has 1 aliphatic heterocycles. The molecule has 4 nitrogen and oxygen atoms in total. The van der Waals surface area contributed by atoms with E-state index < -0.39 is 5.91 Å². The monoisotopic (exact) mass is 396 g/mol. The van der Waals surface area contributed by atoms with Crippen LogP contribution in [0.3, 0.4) is 0 Å². The summed E-state index contributed by atoms with van der Waals surface area (Å²) in [6.45, 7) is 0.537. The van der Waals surface area contributed by atoms with Crippen molar-refractivity contribution in [2.24, 2.45) is 11.7 Å². The number of ether oxygens (including phenoxy) is 1. The number of nitrogens with two attached hydrogens (primary N) is 1. The van der Waals surface area contributed by atoms with Crippen LogP contribution >= 0.6 is 0 Å². The molecule has 0 spiro atoms. The number of amides is 1. The molecule has 150 valence electrons. The highest BCUT2D eigenvalue weighted by Crippen LogP contribution is 2.51. The Morgan fingerprint density at radius 3 is 2.63 bits per heavy atom. The van der Waals surface area contributed by atoms with E-state index in [4.69, 9.17) is 10.5 Å². The van der Waals surface area contributed by atoms with Gasteiger partial charge in [-0.1, -0.05) is 60.7 Å². The molecular formula is C26H24N2O2. The number of carbonyl (C=O) groups excluding carboxylic acids is 1. The second-order valence-electron chi connectivity index (χ2n) is 7.95. The Labute approximate surface area is 176 Å². The first-order chi connectivity index (χ1) is 14.7. The number of hydrogen-bond acceptors (Lipinski definition) is 3. The number of benzene rings is 3. The summed E-state index contributed by atoms with van der Waals surface area (Å²) in [5, 5.41) is 3.72. The number of primary amides is 1. The van der Waals surface area contributed by atoms with Crippen LogP contribution in [0.2, 0.25) is 0 Å². The summed E-state index contributed by atoms with van der Waals surface area (Å²) in [5.74, 6) is 1.13. The minimum absolute atomic E-state index is 0.129. The first-order valence-corrected chi connectivity index (χ1v) is 10.3. The number of anilines is 1. The van der Waals surface area contributed by atoms with Gasteiger partial charge in [0.15, 0.2) is 0 Å². The zero-order chi connectivity index (χ0) is 20.5. The van der Waals surface area contributed by atoms with Gasteiger partial charge in [0.2, 0.25) is 5.91 Å². The zero-order valence-corrected chi connectivity index (χ0v) is 16.6. The van der Waals surface area contributed by atoms with E-state index in [1.807, 2.05) is 42.5 Å². The van der Waals surface area contributed by atoms with Gasteiger partial charge in [0.1, 0.15) is 12.4 Å². The third-order valence-corrected chi connectivity index (χ3v) is 6.14. The second kappa shape index (κ2) is 7.71. The standard InChI is InChI=1S/C26H24N2O2/c27-26(29)18-13-14-23-22(15-18)19-10-6-11-20(19)25(28-23)21-9-4-5-12-24(21)30-16-17-7-2-1-3-8-17/h1-10,12-15,19-20,25,28H,11,16H2,(H2,27,29). The van der Waals surface area contributed by atoms with Gasteiger partial charge >= 0.3 is 0 Å². The van der Waals surface area contributed by atoms with Crippen molar-refractivity contribution in [1.82, 2.24) is 0 Å². The Morgan fingerprint density at radius 1 is 1.00 bits per heavy atom. The Morgan fingerprint density at radius 2 is 1.80 bits per heavy atom. The number of fused-ring (bicyclic) bond motifs is 3. The van der Waals surface area contributed by atoms with E-state index in [1.54, 1.807) is 6.07 Å². The van der Waals surface area contributed by atoms with E-state index in [9.17, 15) is 4.79 Å². The summed E-state index contributed by atoms with van der Waals surface area (Å²) in [4.78, 5) is 11.7. The van der Waals surface area contributed by atoms with Gasteiger partial charge in [-0.2, -0.15) is 0 Å². The van der Waals surface area contributed by atoms with Crippen molar-refractivity contribution in [3.63, 3.8) is 0 Å². The van der Waals surface area contributed by atoms with Crippen LogP contribution < -0.4 is 15.8 Å². The summed E-state index contributed by atoms with van der Waals surface area (Å²) in [6, 6.07) is 24.3. The van der Waals surface area contributed by atoms with Crippen molar-refractivity contribution in [1.29, 1.82) is 0 Å². The van der Waals surface area contributed by atoms with Crippen LogP contribution in [0.4, 0.5) is 5.69 Å². The molecule has 3 atom stereocenters. The quantitative estimate of drug-likeness (QED) is 0.583. The van der Waals surface area contributed by atoms with E-state index in [2.05, 4.69) is 41.7 Å². The minimum Gasteiger partial charge on any atom is -0.489 e. The number of carbonyl (C=O) groups is 1. The molecule has 0 saturated heterocycles. The van der Waals surface area contributed by atoms with Gasteiger partial charge in [0.05, 0.1) is 6.04 Å². The normalized spacial score (nSPS) is 21.4. The van der Waals surface area contributed by atoms with Gasteiger partial charge in [-0.25, -0.2) is 0 Å². The van der Waals surface area contributed by atoms with Crippen molar-refractivity contribution in [2.75, 3.05) is 5.32 Å². The van der Waals surface area contributed by atoms with Gasteiger partial charge in [-0.3, -0.25) is 4.79 Å². The smallest absolute Gasteiger partial charge is 0.248 e. The lowest BCUT2D eigenvalue weighted by Gasteiger charge is -2.38. The predicted octanol–water partition coefficient (Wildman–Crippen LogP) is 5.19. The molecule has 0 radical (unpaired) electrons. The highest BCUT2D eigenvalue weighted by molar-refractivity contribution is 5.93. The van der Waals surface area contributed by atoms with Crippen LogP contribution in [0.15, 0.2) is 84.9 Å². The maximum absolute atomic E-state index is 11.7. The van der Waals surface area contributed by atoms with Crippen molar-refractivity contribution in [2.45, 2.75) is 25.0 Å². The van der Waals surface area contributed by atoms with Crippen molar-refractivity contribution >= 4 is 11.6 Å². The molecule has 1 aliphatic carbocycles. The number of allylic oxidation sites excluding steroid dienone is 2. The Balaban J connectivity index is 1.47. The summed E-state index contributed by atoms with van der Waals surface area (Å²) in [7, 11) is 0. The van der Waals surface area contributed by atoms with Crippen LogP contribution in [0.25, 0.3) is 0 Å². The van der Waals surface area contributed by atoms with E-state index in [0.717, 1.165) is 34.5 Å². The fourth-order valence-corrected chi connectivity index (χ4v) is 4.66. The Hall–Kier alpha value is -3.53. The summed E-state index contributed by atoms with van der Waals surface area (Å²) < 4.78 is 6.24. The molecule has 0 fully saturated rings. The number of rotatable bonds is 5. The topological polar surface area (TPSA) is 64.4 Å². The molecule has 1 amide bonds. The van der Waals surface area contributed by atoms with Crippen LogP contribution in [0.5, 0.6) is 5.75 Å². The maximum Gasteiger partial charge on any atom is 0.248 e. The molecule has 0 aromatic heterocycles. The minimum atomic E-state index is -0.391. The Bertz CT molecular complexity index is 1110. The van der Waals surface area contributed by atoms with E-state index in [1.165, 1.54) is 0 Å². The number of para-hydroxylation sites is 1. The fraction of sp³-hybridized carbons (Fsp3) is 0.192. The maximum atomic E-state index is 11.7. The average molecular weight is 396 g/mol. The molecule has 1 heterocycles. The van der Waals surface area contributed by atoms with Crippen molar-refractivity contribution in [3.05, 3.63) is 107 Å². The molecule has 0 bridgehead atoms. The number of hydrogen-bond donors (Lipinski definition) is 2. The molecule has 3 aromatic rings. The largest absolute Gasteiger partial charge is 0.489 e. The lowest BCUT2D eigenvalue weighted by Crippen LogP contribution is -2.29. The van der Waals surface area contributed by atoms with Gasteiger partial charge in [0.25, 0.3) is 0 Å². The molecule has 3 aromatic carbocycles. The molecule has 5 rings (SSSR count). The van der Waals surface area contributed by atoms with Crippen LogP contribution in [-0.4, -0.2) is 5.91 Å². The first kappa shape index (κ1) is 18.5. The molecule has 4 heteroatoms. The van der Waals surface area contributed by atoms with Crippen molar-refractivity contribution in [3.8, 4) is 5.75 Å². The highest BCUT2D eigenvalue weighted by Gasteiger charge is 2.39. The van der Waals surface area contributed by atoms with E-state index >= 15 is 0 Å². The van der Waals surface area contributed by atoms with E-state index in [0.29, 0.717) is 18.1 Å². The SMILES string of the molecule is NC(=O)c1ccc2c(c1)C1C=CCC1C(c1ccccc1OCc1ccccc1)N2.